The molecule has 31 heavy (non-hydrogen) atoms. The maximum atomic E-state index is 13.0. The first-order chi connectivity index (χ1) is 14.8. The maximum absolute atomic E-state index is 13.0. The van der Waals surface area contributed by atoms with Crippen molar-refractivity contribution in [2.75, 3.05) is 35.6 Å². The zero-order valence-electron chi connectivity index (χ0n) is 17.9. The molecule has 1 aliphatic rings. The molecule has 0 spiro atoms. The molecule has 0 fully saturated rings. The topological polar surface area (TPSA) is 86.8 Å². The van der Waals surface area contributed by atoms with Crippen LogP contribution >= 0.6 is 11.8 Å². The molecule has 2 aromatic rings. The number of thioether (sulfide) groups is 1. The lowest BCUT2D eigenvalue weighted by molar-refractivity contribution is -0.121. The van der Waals surface area contributed by atoms with Crippen LogP contribution in [0.1, 0.15) is 25.8 Å². The molecular formula is C22H27N3O4S2. The summed E-state index contributed by atoms with van der Waals surface area (Å²) in [5.41, 5.74) is 2.18. The molecule has 1 N–H and O–H groups in total. The Hall–Kier alpha value is -2.36. The third-order valence-electron chi connectivity index (χ3n) is 5.08. The Morgan fingerprint density at radius 3 is 2.45 bits per heavy atom. The van der Waals surface area contributed by atoms with Gasteiger partial charge in [0.25, 0.3) is 0 Å². The quantitative estimate of drug-likeness (QED) is 0.682. The highest BCUT2D eigenvalue weighted by Gasteiger charge is 2.28. The molecule has 2 amide bonds. The number of nitrogens with zero attached hydrogens (tertiary/aromatic N) is 2. The summed E-state index contributed by atoms with van der Waals surface area (Å²) in [4.78, 5) is 27.8. The van der Waals surface area contributed by atoms with E-state index in [1.165, 1.54) is 27.0 Å². The van der Waals surface area contributed by atoms with E-state index in [9.17, 15) is 18.0 Å². The Kier molecular flexibility index (Phi) is 7.40. The van der Waals surface area contributed by atoms with Gasteiger partial charge in [0.05, 0.1) is 10.6 Å². The molecule has 1 aliphatic heterocycles. The molecule has 166 valence electrons. The summed E-state index contributed by atoms with van der Waals surface area (Å²) in [6, 6.07) is 12.2. The number of carbonyl (C=O) groups excluding carboxylic acids is 2. The molecule has 2 aromatic carbocycles. The van der Waals surface area contributed by atoms with Crippen LogP contribution in [-0.4, -0.2) is 49.9 Å². The molecule has 0 aromatic heterocycles. The molecule has 3 rings (SSSR count). The van der Waals surface area contributed by atoms with Crippen molar-refractivity contribution < 1.29 is 18.0 Å². The number of aryl methyl sites for hydroxylation is 1. The Bertz CT molecular complexity index is 1060. The van der Waals surface area contributed by atoms with Gasteiger partial charge in [-0.2, -0.15) is 4.31 Å². The highest BCUT2D eigenvalue weighted by molar-refractivity contribution is 7.99. The number of anilines is 2. The van der Waals surface area contributed by atoms with Crippen LogP contribution in [-0.2, 0) is 19.6 Å². The number of nitrogens with one attached hydrogen (secondary N) is 1. The van der Waals surface area contributed by atoms with E-state index in [1.807, 2.05) is 19.1 Å². The van der Waals surface area contributed by atoms with Crippen molar-refractivity contribution in [3.63, 3.8) is 0 Å². The van der Waals surface area contributed by atoms with Crippen molar-refractivity contribution in [2.24, 2.45) is 0 Å². The number of hydrogen-bond acceptors (Lipinski definition) is 5. The van der Waals surface area contributed by atoms with E-state index in [4.69, 9.17) is 0 Å². The van der Waals surface area contributed by atoms with Crippen LogP contribution in [0.2, 0.25) is 0 Å². The van der Waals surface area contributed by atoms with E-state index < -0.39 is 10.0 Å². The van der Waals surface area contributed by atoms with Gasteiger partial charge in [0.1, 0.15) is 6.54 Å². The predicted molar refractivity (Wildman–Crippen MR) is 124 cm³/mol. The summed E-state index contributed by atoms with van der Waals surface area (Å²) < 4.78 is 27.3. The third kappa shape index (κ3) is 5.28. The first-order valence-electron chi connectivity index (χ1n) is 10.2. The summed E-state index contributed by atoms with van der Waals surface area (Å²) in [6.07, 6.45) is 0.273. The fourth-order valence-corrected chi connectivity index (χ4v) is 5.83. The van der Waals surface area contributed by atoms with Crippen molar-refractivity contribution in [3.8, 4) is 0 Å². The van der Waals surface area contributed by atoms with Gasteiger partial charge >= 0.3 is 0 Å². The molecule has 1 heterocycles. The van der Waals surface area contributed by atoms with E-state index in [0.29, 0.717) is 30.2 Å². The Morgan fingerprint density at radius 1 is 1.13 bits per heavy atom. The van der Waals surface area contributed by atoms with Crippen molar-refractivity contribution in [1.82, 2.24) is 4.31 Å². The van der Waals surface area contributed by atoms with Gasteiger partial charge in [-0.1, -0.05) is 31.5 Å². The van der Waals surface area contributed by atoms with Gasteiger partial charge in [0.15, 0.2) is 0 Å². The van der Waals surface area contributed by atoms with Crippen LogP contribution in [0.25, 0.3) is 0 Å². The van der Waals surface area contributed by atoms with E-state index >= 15 is 0 Å². The van der Waals surface area contributed by atoms with Crippen LogP contribution in [0.3, 0.4) is 0 Å². The fraction of sp³-hybridized carbons (Fsp3) is 0.364. The van der Waals surface area contributed by atoms with Gasteiger partial charge < -0.3 is 10.2 Å². The number of amides is 2. The van der Waals surface area contributed by atoms with Crippen LogP contribution in [0.4, 0.5) is 11.4 Å². The van der Waals surface area contributed by atoms with Crippen molar-refractivity contribution >= 4 is 45.0 Å². The lowest BCUT2D eigenvalue weighted by atomic mass is 10.2. The normalized spacial score (nSPS) is 14.3. The Labute approximate surface area is 187 Å². The maximum Gasteiger partial charge on any atom is 0.244 e. The summed E-state index contributed by atoms with van der Waals surface area (Å²) in [5.74, 6) is 0.0269. The average molecular weight is 462 g/mol. The summed E-state index contributed by atoms with van der Waals surface area (Å²) >= 11 is 1.49. The molecule has 0 bridgehead atoms. The molecule has 0 unspecified atom stereocenters. The van der Waals surface area contributed by atoms with Crippen LogP contribution in [0, 0.1) is 6.92 Å². The van der Waals surface area contributed by atoms with Crippen LogP contribution in [0.5, 0.6) is 0 Å². The molecule has 0 saturated carbocycles. The molecule has 9 heteroatoms. The summed E-state index contributed by atoms with van der Waals surface area (Å²) in [5, 5.41) is 2.80. The van der Waals surface area contributed by atoms with Crippen molar-refractivity contribution in [3.05, 3.63) is 48.0 Å². The minimum absolute atomic E-state index is 0.120. The van der Waals surface area contributed by atoms with Crippen molar-refractivity contribution in [1.29, 1.82) is 0 Å². The highest BCUT2D eigenvalue weighted by atomic mass is 32.2. The minimum atomic E-state index is -3.68. The number of rotatable bonds is 7. The highest BCUT2D eigenvalue weighted by Crippen LogP contribution is 2.36. The van der Waals surface area contributed by atoms with E-state index in [2.05, 4.69) is 5.32 Å². The zero-order chi connectivity index (χ0) is 22.6. The number of benzene rings is 2. The minimum Gasteiger partial charge on any atom is -0.325 e. The molecule has 0 saturated heterocycles. The third-order valence-corrected chi connectivity index (χ3v) is 8.19. The fourth-order valence-electron chi connectivity index (χ4n) is 3.38. The first kappa shape index (κ1) is 23.3. The van der Waals surface area contributed by atoms with E-state index in [-0.39, 0.29) is 29.7 Å². The standard InChI is InChI=1S/C22H27N3O4S2/c1-4-24(5-2)31(28,29)18-10-11-20-19(14-18)25(22(27)12-13-30-20)15-21(26)23-17-8-6-16(3)7-9-17/h6-11,14H,4-5,12-13,15H2,1-3H3,(H,23,26). The number of fused-ring (bicyclic) bond motifs is 1. The van der Waals surface area contributed by atoms with Gasteiger partial charge in [0, 0.05) is 35.8 Å². The van der Waals surface area contributed by atoms with E-state index in [0.717, 1.165) is 10.5 Å². The second-order valence-corrected chi connectivity index (χ2v) is 10.3. The molecule has 0 radical (unpaired) electrons. The number of sulfonamides is 1. The zero-order valence-corrected chi connectivity index (χ0v) is 19.6. The van der Waals surface area contributed by atoms with Gasteiger partial charge in [-0.15, -0.1) is 11.8 Å². The summed E-state index contributed by atoms with van der Waals surface area (Å²) in [7, 11) is -3.68. The Balaban J connectivity index is 1.92. The molecular weight excluding hydrogens is 434 g/mol. The number of hydrogen-bond donors (Lipinski definition) is 1. The van der Waals surface area contributed by atoms with Crippen LogP contribution < -0.4 is 10.2 Å². The van der Waals surface area contributed by atoms with Gasteiger partial charge in [0.2, 0.25) is 21.8 Å². The second-order valence-electron chi connectivity index (χ2n) is 7.21. The monoisotopic (exact) mass is 461 g/mol. The van der Waals surface area contributed by atoms with Gasteiger partial charge in [-0.05, 0) is 37.3 Å². The largest absolute Gasteiger partial charge is 0.325 e. The average Bonchev–Trinajstić information content (AvgIpc) is 2.89. The smallest absolute Gasteiger partial charge is 0.244 e. The van der Waals surface area contributed by atoms with Crippen molar-refractivity contribution in [2.45, 2.75) is 37.0 Å². The SMILES string of the molecule is CCN(CC)S(=O)(=O)c1ccc2c(c1)N(CC(=O)Nc1ccc(C)cc1)C(=O)CCS2. The van der Waals surface area contributed by atoms with Gasteiger partial charge in [-0.25, -0.2) is 8.42 Å². The van der Waals surface area contributed by atoms with Gasteiger partial charge in [-0.3, -0.25) is 9.59 Å². The van der Waals surface area contributed by atoms with Crippen LogP contribution in [0.15, 0.2) is 52.3 Å². The first-order valence-corrected chi connectivity index (χ1v) is 12.6. The molecule has 7 nitrogen and oxygen atoms in total. The Morgan fingerprint density at radius 2 is 1.81 bits per heavy atom. The second kappa shape index (κ2) is 9.84. The molecule has 0 atom stereocenters. The lowest BCUT2D eigenvalue weighted by Crippen LogP contribution is -2.38. The predicted octanol–water partition coefficient (Wildman–Crippen LogP) is 3.49. The number of carbonyl (C=O) groups is 2. The lowest BCUT2D eigenvalue weighted by Gasteiger charge is -2.24. The summed E-state index contributed by atoms with van der Waals surface area (Å²) in [6.45, 7) is 6.05. The van der Waals surface area contributed by atoms with E-state index in [1.54, 1.807) is 38.1 Å². The molecule has 0 aliphatic carbocycles.